The molecule has 4 rings (SSSR count). The fourth-order valence-corrected chi connectivity index (χ4v) is 4.81. The van der Waals surface area contributed by atoms with Crippen molar-refractivity contribution in [3.8, 4) is 11.5 Å². The third-order valence-electron chi connectivity index (χ3n) is 6.00. The maximum atomic E-state index is 12.8. The van der Waals surface area contributed by atoms with Crippen molar-refractivity contribution in [2.24, 2.45) is 10.6 Å². The molecule has 1 N–H and O–H groups in total. The van der Waals surface area contributed by atoms with Gasteiger partial charge in [0.05, 0.1) is 31.5 Å². The van der Waals surface area contributed by atoms with Crippen molar-refractivity contribution in [3.63, 3.8) is 0 Å². The van der Waals surface area contributed by atoms with Gasteiger partial charge in [-0.25, -0.2) is 0 Å². The molecule has 7 heteroatoms. The number of oxime groups is 1. The van der Waals surface area contributed by atoms with Crippen LogP contribution in [0, 0.1) is 5.41 Å². The summed E-state index contributed by atoms with van der Waals surface area (Å²) in [6, 6.07) is 4.11. The van der Waals surface area contributed by atoms with Crippen LogP contribution in [-0.2, 0) is 11.2 Å². The lowest BCUT2D eigenvalue weighted by molar-refractivity contribution is -0.118. The van der Waals surface area contributed by atoms with Gasteiger partial charge in [0.15, 0.2) is 17.3 Å². The number of benzene rings is 1. The third-order valence-corrected chi connectivity index (χ3v) is 6.00. The lowest BCUT2D eigenvalue weighted by Crippen LogP contribution is -2.45. The molecule has 2 heterocycles. The Morgan fingerprint density at radius 2 is 1.86 bits per heavy atom. The lowest BCUT2D eigenvalue weighted by Gasteiger charge is -2.48. The second-order valence-corrected chi connectivity index (χ2v) is 8.38. The summed E-state index contributed by atoms with van der Waals surface area (Å²) in [6.07, 6.45) is 2.70. The first-order valence-electron chi connectivity index (χ1n) is 9.37. The van der Waals surface area contributed by atoms with Gasteiger partial charge < -0.3 is 19.6 Å². The number of rotatable bonds is 2. The van der Waals surface area contributed by atoms with E-state index in [-0.39, 0.29) is 29.6 Å². The summed E-state index contributed by atoms with van der Waals surface area (Å²) in [5, 5.41) is 13.2. The number of ketones is 1. The molecule has 1 unspecified atom stereocenters. The number of methoxy groups -OCH3 is 2. The smallest absolute Gasteiger partial charge is 0.167 e. The molecular formula is C21H27ClN2O4. The topological polar surface area (TPSA) is 71.4 Å². The van der Waals surface area contributed by atoms with E-state index in [9.17, 15) is 10.0 Å². The van der Waals surface area contributed by atoms with Crippen molar-refractivity contribution >= 4 is 23.9 Å². The molecule has 2 aliphatic heterocycles. The maximum absolute atomic E-state index is 12.8. The minimum absolute atomic E-state index is 0. The molecule has 0 fully saturated rings. The average Bonchev–Trinajstić information content (AvgIpc) is 2.64. The fourth-order valence-electron chi connectivity index (χ4n) is 4.81. The molecule has 0 saturated carbocycles. The Labute approximate surface area is 171 Å². The fraction of sp³-hybridized carbons (Fsp3) is 0.524. The van der Waals surface area contributed by atoms with Crippen molar-refractivity contribution in [1.82, 2.24) is 4.90 Å². The molecule has 1 aliphatic carbocycles. The molecule has 6 nitrogen and oxygen atoms in total. The number of hydrogen-bond donors (Lipinski definition) is 1. The Kier molecular flexibility index (Phi) is 5.36. The zero-order valence-corrected chi connectivity index (χ0v) is 17.6. The molecule has 0 amide bonds. The highest BCUT2D eigenvalue weighted by Crippen LogP contribution is 2.49. The minimum Gasteiger partial charge on any atom is -0.493 e. The van der Waals surface area contributed by atoms with E-state index in [2.05, 4.69) is 23.9 Å². The van der Waals surface area contributed by atoms with Crippen LogP contribution in [0.5, 0.6) is 11.5 Å². The van der Waals surface area contributed by atoms with Crippen molar-refractivity contribution in [2.75, 3.05) is 20.8 Å². The van der Waals surface area contributed by atoms with Gasteiger partial charge in [0.1, 0.15) is 0 Å². The van der Waals surface area contributed by atoms with Gasteiger partial charge in [0, 0.05) is 25.1 Å². The van der Waals surface area contributed by atoms with Gasteiger partial charge in [-0.3, -0.25) is 4.79 Å². The molecule has 1 atom stereocenters. The zero-order chi connectivity index (χ0) is 19.3. The number of ether oxygens (including phenoxy) is 2. The first kappa shape index (κ1) is 20.5. The number of carbonyl (C=O) groups excluding carboxylic acids is 1. The highest BCUT2D eigenvalue weighted by atomic mass is 35.5. The van der Waals surface area contributed by atoms with Crippen LogP contribution in [0.2, 0.25) is 0 Å². The van der Waals surface area contributed by atoms with E-state index in [1.54, 1.807) is 14.2 Å². The van der Waals surface area contributed by atoms with Gasteiger partial charge in [-0.2, -0.15) is 0 Å². The first-order chi connectivity index (χ1) is 12.9. The number of carbonyl (C=O) groups is 1. The van der Waals surface area contributed by atoms with Crippen LogP contribution in [0.4, 0.5) is 0 Å². The van der Waals surface area contributed by atoms with Gasteiger partial charge in [-0.1, -0.05) is 19.0 Å². The van der Waals surface area contributed by atoms with Crippen LogP contribution in [0.15, 0.2) is 28.6 Å². The second kappa shape index (κ2) is 7.32. The zero-order valence-electron chi connectivity index (χ0n) is 16.7. The molecule has 0 saturated heterocycles. The number of nitrogens with zero attached hydrogens (tertiary/aromatic N) is 2. The molecular weight excluding hydrogens is 380 g/mol. The number of hydrogen-bond acceptors (Lipinski definition) is 6. The van der Waals surface area contributed by atoms with Crippen LogP contribution in [0.3, 0.4) is 0 Å². The van der Waals surface area contributed by atoms with Crippen LogP contribution < -0.4 is 9.47 Å². The Bertz CT molecular complexity index is 875. The number of allylic oxidation sites excluding steroid dienone is 2. The van der Waals surface area contributed by atoms with E-state index in [4.69, 9.17) is 9.47 Å². The van der Waals surface area contributed by atoms with Gasteiger partial charge in [-0.15, -0.1) is 12.4 Å². The van der Waals surface area contributed by atoms with Crippen LogP contribution in [0.1, 0.15) is 50.3 Å². The number of fused-ring (bicyclic) bond motifs is 4. The summed E-state index contributed by atoms with van der Waals surface area (Å²) in [5.74, 6) is 1.51. The standard InChI is InChI=1S/C21H26N2O4.ClH/c1-21(2)10-16-20(17(24)11-21)14(22-25)9-15-13-8-19(27-4)18(26-3)7-12(13)5-6-23(15)16;/h7-8,15,25H,5-6,9-11H2,1-4H3;1H/b22-14+;. The average molecular weight is 407 g/mol. The molecule has 1 aromatic rings. The SMILES string of the molecule is COc1cc2c(cc1OC)C1C/C(=N\O)C3=C(CC(C)(C)CC3=O)N1CC2.Cl. The van der Waals surface area contributed by atoms with Gasteiger partial charge in [0.2, 0.25) is 0 Å². The molecule has 0 spiro atoms. The maximum Gasteiger partial charge on any atom is 0.167 e. The Morgan fingerprint density at radius 3 is 2.50 bits per heavy atom. The van der Waals surface area contributed by atoms with Crippen LogP contribution in [0.25, 0.3) is 0 Å². The highest BCUT2D eigenvalue weighted by molar-refractivity contribution is 6.24. The predicted molar refractivity (Wildman–Crippen MR) is 109 cm³/mol. The summed E-state index contributed by atoms with van der Waals surface area (Å²) >= 11 is 0. The van der Waals surface area contributed by atoms with Crippen molar-refractivity contribution in [1.29, 1.82) is 0 Å². The van der Waals surface area contributed by atoms with Crippen molar-refractivity contribution < 1.29 is 19.5 Å². The van der Waals surface area contributed by atoms with E-state index < -0.39 is 0 Å². The first-order valence-corrected chi connectivity index (χ1v) is 9.37. The second-order valence-electron chi connectivity index (χ2n) is 8.38. The molecule has 1 aromatic carbocycles. The van der Waals surface area contributed by atoms with Crippen molar-refractivity contribution in [2.45, 2.75) is 45.6 Å². The van der Waals surface area contributed by atoms with Crippen LogP contribution >= 0.6 is 12.4 Å². The Morgan fingerprint density at radius 1 is 1.18 bits per heavy atom. The normalized spacial score (nSPS) is 24.1. The van der Waals surface area contributed by atoms with Gasteiger partial charge in [0.25, 0.3) is 0 Å². The summed E-state index contributed by atoms with van der Waals surface area (Å²) < 4.78 is 11.0. The van der Waals surface area contributed by atoms with Gasteiger partial charge in [-0.05, 0) is 41.5 Å². The van der Waals surface area contributed by atoms with E-state index in [0.29, 0.717) is 29.9 Å². The molecule has 0 bridgehead atoms. The van der Waals surface area contributed by atoms with E-state index in [0.717, 1.165) is 36.4 Å². The number of halogens is 1. The molecule has 3 aliphatic rings. The monoisotopic (exact) mass is 406 g/mol. The third kappa shape index (κ3) is 3.13. The lowest BCUT2D eigenvalue weighted by atomic mass is 9.71. The van der Waals surface area contributed by atoms with Gasteiger partial charge >= 0.3 is 0 Å². The van der Waals surface area contributed by atoms with Crippen LogP contribution in [-0.4, -0.2) is 42.4 Å². The van der Waals surface area contributed by atoms with E-state index in [1.165, 1.54) is 5.56 Å². The van der Waals surface area contributed by atoms with Crippen molar-refractivity contribution in [3.05, 3.63) is 34.5 Å². The molecule has 152 valence electrons. The number of Topliss-reactive ketones (excluding diaryl/α,β-unsaturated/α-hetero) is 1. The van der Waals surface area contributed by atoms with E-state index in [1.807, 2.05) is 12.1 Å². The minimum atomic E-state index is -0.0871. The highest BCUT2D eigenvalue weighted by Gasteiger charge is 2.44. The molecule has 0 aromatic heterocycles. The largest absolute Gasteiger partial charge is 0.493 e. The summed E-state index contributed by atoms with van der Waals surface area (Å²) in [7, 11) is 3.28. The molecule has 0 radical (unpaired) electrons. The van der Waals surface area contributed by atoms with E-state index >= 15 is 0 Å². The quantitative estimate of drug-likeness (QED) is 0.595. The Hall–Kier alpha value is -2.21. The summed E-state index contributed by atoms with van der Waals surface area (Å²) in [5.41, 5.74) is 4.46. The predicted octanol–water partition coefficient (Wildman–Crippen LogP) is 3.90. The Balaban J connectivity index is 0.00000225. The summed E-state index contributed by atoms with van der Waals surface area (Å²) in [4.78, 5) is 15.1. The molecule has 28 heavy (non-hydrogen) atoms. The summed E-state index contributed by atoms with van der Waals surface area (Å²) in [6.45, 7) is 5.09.